The summed E-state index contributed by atoms with van der Waals surface area (Å²) in [5.41, 5.74) is 1.16. The van der Waals surface area contributed by atoms with Crippen LogP contribution in [-0.4, -0.2) is 10.8 Å². The number of rotatable bonds is 2. The summed E-state index contributed by atoms with van der Waals surface area (Å²) in [5, 5.41) is 22.8. The normalized spacial score (nSPS) is 13.6. The molecule has 112 valence electrons. The zero-order valence-corrected chi connectivity index (χ0v) is 12.5. The van der Waals surface area contributed by atoms with E-state index in [2.05, 4.69) is 5.32 Å². The Morgan fingerprint density at radius 2 is 1.83 bits per heavy atom. The van der Waals surface area contributed by atoms with Crippen molar-refractivity contribution in [1.29, 1.82) is 5.26 Å². The minimum atomic E-state index is -0.494. The van der Waals surface area contributed by atoms with Crippen molar-refractivity contribution in [3.05, 3.63) is 69.8 Å². The molecule has 3 rings (SSSR count). The largest absolute Gasteiger partial charge is 0.320 e. The molecule has 0 aliphatic carbocycles. The summed E-state index contributed by atoms with van der Waals surface area (Å²) >= 11 is 1.29. The quantitative estimate of drug-likeness (QED) is 0.673. The molecule has 1 amide bonds. The Kier molecular flexibility index (Phi) is 3.83. The number of nitrogens with one attached hydrogen (secondary N) is 1. The Morgan fingerprint density at radius 3 is 2.48 bits per heavy atom. The molecule has 0 spiro atoms. The number of fused-ring (bicyclic) bond motifs is 1. The Morgan fingerprint density at radius 1 is 1.13 bits per heavy atom. The third kappa shape index (κ3) is 2.80. The van der Waals surface area contributed by atoms with Crippen LogP contribution >= 0.6 is 11.8 Å². The van der Waals surface area contributed by atoms with Crippen molar-refractivity contribution < 1.29 is 9.72 Å². The number of para-hydroxylation sites is 1. The third-order valence-corrected chi connectivity index (χ3v) is 4.47. The van der Waals surface area contributed by atoms with Crippen molar-refractivity contribution in [2.24, 2.45) is 0 Å². The molecule has 0 saturated carbocycles. The standard InChI is InChI=1S/C16H9N3O3S/c17-9-12-15(10-5-7-11(8-6-10)19(21)22)23-14-4-2-1-3-13(14)18-16(12)20/h1-8H,(H,18,20). The smallest absolute Gasteiger partial charge is 0.269 e. The molecule has 23 heavy (non-hydrogen) atoms. The van der Waals surface area contributed by atoms with Gasteiger partial charge in [0.1, 0.15) is 11.6 Å². The Balaban J connectivity index is 2.12. The fourth-order valence-electron chi connectivity index (χ4n) is 2.15. The summed E-state index contributed by atoms with van der Waals surface area (Å²) in [6, 6.07) is 14.9. The number of non-ortho nitro benzene ring substituents is 1. The highest BCUT2D eigenvalue weighted by Gasteiger charge is 2.24. The van der Waals surface area contributed by atoms with Crippen LogP contribution in [0.15, 0.2) is 59.0 Å². The van der Waals surface area contributed by atoms with E-state index in [1.165, 1.54) is 23.9 Å². The second-order valence-corrected chi connectivity index (χ2v) is 5.72. The van der Waals surface area contributed by atoms with Gasteiger partial charge in [0.05, 0.1) is 10.6 Å². The van der Waals surface area contributed by atoms with Crippen molar-refractivity contribution in [1.82, 2.24) is 0 Å². The molecular weight excluding hydrogens is 314 g/mol. The van der Waals surface area contributed by atoms with Crippen molar-refractivity contribution in [3.8, 4) is 6.07 Å². The highest BCUT2D eigenvalue weighted by molar-refractivity contribution is 8.08. The first kappa shape index (κ1) is 14.8. The number of benzene rings is 2. The first-order valence-electron chi connectivity index (χ1n) is 6.57. The van der Waals surface area contributed by atoms with Crippen LogP contribution in [0, 0.1) is 21.4 Å². The van der Waals surface area contributed by atoms with Crippen molar-refractivity contribution in [3.63, 3.8) is 0 Å². The van der Waals surface area contributed by atoms with Gasteiger partial charge in [0, 0.05) is 21.9 Å². The molecule has 2 aromatic carbocycles. The molecule has 7 heteroatoms. The van der Waals surface area contributed by atoms with Gasteiger partial charge in [-0.1, -0.05) is 23.9 Å². The number of carbonyl (C=O) groups is 1. The number of nitro benzene ring substituents is 1. The predicted octanol–water partition coefficient (Wildman–Crippen LogP) is 3.57. The molecule has 0 aromatic heterocycles. The van der Waals surface area contributed by atoms with Crippen LogP contribution in [-0.2, 0) is 4.79 Å². The summed E-state index contributed by atoms with van der Waals surface area (Å²) < 4.78 is 0. The number of amides is 1. The zero-order chi connectivity index (χ0) is 16.4. The van der Waals surface area contributed by atoms with Crippen LogP contribution in [0.3, 0.4) is 0 Å². The van der Waals surface area contributed by atoms with Gasteiger partial charge >= 0.3 is 0 Å². The fourth-order valence-corrected chi connectivity index (χ4v) is 3.24. The van der Waals surface area contributed by atoms with Crippen LogP contribution in [0.4, 0.5) is 11.4 Å². The van der Waals surface area contributed by atoms with Gasteiger partial charge in [-0.25, -0.2) is 0 Å². The molecule has 0 fully saturated rings. The average molecular weight is 323 g/mol. The molecule has 1 heterocycles. The molecule has 0 unspecified atom stereocenters. The van der Waals surface area contributed by atoms with Gasteiger partial charge in [0.2, 0.25) is 0 Å². The van der Waals surface area contributed by atoms with Crippen molar-refractivity contribution >= 4 is 33.9 Å². The Labute approximate surface area is 135 Å². The maximum Gasteiger partial charge on any atom is 0.269 e. The molecule has 2 aromatic rings. The lowest BCUT2D eigenvalue weighted by Gasteiger charge is -2.07. The van der Waals surface area contributed by atoms with E-state index in [-0.39, 0.29) is 11.3 Å². The molecule has 1 aliphatic heterocycles. The highest BCUT2D eigenvalue weighted by Crippen LogP contribution is 2.42. The summed E-state index contributed by atoms with van der Waals surface area (Å²) in [7, 11) is 0. The molecular formula is C16H9N3O3S. The number of hydrogen-bond acceptors (Lipinski definition) is 5. The molecule has 0 saturated heterocycles. The van der Waals surface area contributed by atoms with E-state index in [1.54, 1.807) is 24.3 Å². The number of carbonyl (C=O) groups excluding carboxylic acids is 1. The van der Waals surface area contributed by atoms with Gasteiger partial charge in [-0.3, -0.25) is 14.9 Å². The Hall–Kier alpha value is -3.11. The summed E-state index contributed by atoms with van der Waals surface area (Å²) in [6.07, 6.45) is 0. The second-order valence-electron chi connectivity index (χ2n) is 4.67. The topological polar surface area (TPSA) is 96.0 Å². The lowest BCUT2D eigenvalue weighted by Crippen LogP contribution is -2.13. The van der Waals surface area contributed by atoms with Crippen molar-refractivity contribution in [2.75, 3.05) is 5.32 Å². The summed E-state index contributed by atoms with van der Waals surface area (Å²) in [5.74, 6) is -0.488. The minimum Gasteiger partial charge on any atom is -0.320 e. The van der Waals surface area contributed by atoms with Gasteiger partial charge in [-0.05, 0) is 29.8 Å². The number of nitrogens with zero attached hydrogens (tertiary/aromatic N) is 2. The third-order valence-electron chi connectivity index (χ3n) is 3.25. The predicted molar refractivity (Wildman–Crippen MR) is 86.6 cm³/mol. The fraction of sp³-hybridized carbons (Fsp3) is 0. The number of nitro groups is 1. The molecule has 1 aliphatic rings. The summed E-state index contributed by atoms with van der Waals surface area (Å²) in [4.78, 5) is 23.8. The lowest BCUT2D eigenvalue weighted by molar-refractivity contribution is -0.384. The average Bonchev–Trinajstić information content (AvgIpc) is 2.70. The van der Waals surface area contributed by atoms with E-state index in [0.717, 1.165) is 4.90 Å². The molecule has 0 bridgehead atoms. The van der Waals surface area contributed by atoms with Gasteiger partial charge in [0.15, 0.2) is 0 Å². The van der Waals surface area contributed by atoms with Crippen LogP contribution < -0.4 is 5.32 Å². The molecule has 1 N–H and O–H groups in total. The van der Waals surface area contributed by atoms with Gasteiger partial charge in [0.25, 0.3) is 11.6 Å². The van der Waals surface area contributed by atoms with E-state index >= 15 is 0 Å². The first-order chi connectivity index (χ1) is 11.1. The lowest BCUT2D eigenvalue weighted by atomic mass is 10.1. The maximum absolute atomic E-state index is 12.3. The van der Waals surface area contributed by atoms with Crippen LogP contribution in [0.5, 0.6) is 0 Å². The number of hydrogen-bond donors (Lipinski definition) is 1. The zero-order valence-electron chi connectivity index (χ0n) is 11.6. The highest BCUT2D eigenvalue weighted by atomic mass is 32.2. The SMILES string of the molecule is N#CC1=C(c2ccc([N+](=O)[O-])cc2)Sc2ccccc2NC1=O. The molecule has 0 atom stereocenters. The van der Waals surface area contributed by atoms with Gasteiger partial charge in [-0.15, -0.1) is 0 Å². The first-order valence-corrected chi connectivity index (χ1v) is 7.39. The molecule has 6 nitrogen and oxygen atoms in total. The summed E-state index contributed by atoms with van der Waals surface area (Å²) in [6.45, 7) is 0. The number of nitriles is 1. The van der Waals surface area contributed by atoms with Crippen molar-refractivity contribution in [2.45, 2.75) is 4.90 Å². The van der Waals surface area contributed by atoms with E-state index in [9.17, 15) is 20.2 Å². The molecule has 0 radical (unpaired) electrons. The van der Waals surface area contributed by atoms with E-state index in [4.69, 9.17) is 0 Å². The van der Waals surface area contributed by atoms with E-state index in [0.29, 0.717) is 16.2 Å². The van der Waals surface area contributed by atoms with Crippen LogP contribution in [0.1, 0.15) is 5.56 Å². The second kappa shape index (κ2) is 5.94. The minimum absolute atomic E-state index is 0.0138. The monoisotopic (exact) mass is 323 g/mol. The Bertz CT molecular complexity index is 882. The van der Waals surface area contributed by atoms with Gasteiger partial charge in [-0.2, -0.15) is 5.26 Å². The number of anilines is 1. The van der Waals surface area contributed by atoms with Crippen LogP contribution in [0.2, 0.25) is 0 Å². The van der Waals surface area contributed by atoms with E-state index in [1.807, 2.05) is 18.2 Å². The van der Waals surface area contributed by atoms with E-state index < -0.39 is 10.8 Å². The number of thioether (sulfide) groups is 1. The van der Waals surface area contributed by atoms with Gasteiger partial charge < -0.3 is 5.32 Å². The maximum atomic E-state index is 12.3. The van der Waals surface area contributed by atoms with Crippen LogP contribution in [0.25, 0.3) is 4.91 Å².